The Bertz CT molecular complexity index is 298. The van der Waals surface area contributed by atoms with E-state index >= 15 is 0 Å². The van der Waals surface area contributed by atoms with E-state index in [9.17, 15) is 9.90 Å². The van der Waals surface area contributed by atoms with E-state index in [-0.39, 0.29) is 5.92 Å². The highest BCUT2D eigenvalue weighted by Crippen LogP contribution is 2.39. The van der Waals surface area contributed by atoms with Crippen molar-refractivity contribution in [2.75, 3.05) is 13.1 Å². The number of likely N-dealkylation sites (tertiary alicyclic amines) is 1. The van der Waals surface area contributed by atoms with Crippen molar-refractivity contribution in [3.63, 3.8) is 0 Å². The Morgan fingerprint density at radius 3 is 2.11 bits per heavy atom. The fourth-order valence-corrected chi connectivity index (χ4v) is 4.55. The van der Waals surface area contributed by atoms with Crippen LogP contribution in [-0.4, -0.2) is 35.1 Å². The van der Waals surface area contributed by atoms with Gasteiger partial charge in [0, 0.05) is 19.1 Å². The lowest BCUT2D eigenvalue weighted by atomic mass is 9.72. The monoisotopic (exact) mass is 251 g/mol. The van der Waals surface area contributed by atoms with Crippen LogP contribution in [0, 0.1) is 17.8 Å². The highest BCUT2D eigenvalue weighted by atomic mass is 16.4. The van der Waals surface area contributed by atoms with E-state index < -0.39 is 5.97 Å². The Kier molecular flexibility index (Phi) is 3.60. The van der Waals surface area contributed by atoms with Crippen LogP contribution in [0.25, 0.3) is 0 Å². The van der Waals surface area contributed by atoms with Crippen LogP contribution < -0.4 is 0 Å². The van der Waals surface area contributed by atoms with E-state index in [1.54, 1.807) is 0 Å². The smallest absolute Gasteiger partial charge is 0.306 e. The average Bonchev–Trinajstić information content (AvgIpc) is 2.38. The van der Waals surface area contributed by atoms with E-state index in [0.29, 0.717) is 11.8 Å². The first-order chi connectivity index (χ1) is 8.72. The van der Waals surface area contributed by atoms with Gasteiger partial charge in [-0.05, 0) is 43.9 Å². The molecule has 2 atom stereocenters. The van der Waals surface area contributed by atoms with Crippen molar-refractivity contribution in [3.8, 4) is 0 Å². The lowest BCUT2D eigenvalue weighted by Crippen LogP contribution is -2.50. The van der Waals surface area contributed by atoms with E-state index in [0.717, 1.165) is 18.9 Å². The normalized spacial score (nSPS) is 38.6. The minimum absolute atomic E-state index is 0.0535. The molecule has 0 aromatic carbocycles. The quantitative estimate of drug-likeness (QED) is 0.820. The number of aliphatic carboxylic acids is 1. The summed E-state index contributed by atoms with van der Waals surface area (Å²) >= 11 is 0. The van der Waals surface area contributed by atoms with Gasteiger partial charge in [-0.2, -0.15) is 0 Å². The van der Waals surface area contributed by atoms with Crippen LogP contribution in [0.15, 0.2) is 0 Å². The topological polar surface area (TPSA) is 40.5 Å². The van der Waals surface area contributed by atoms with Crippen molar-refractivity contribution in [2.45, 2.75) is 57.4 Å². The maximum Gasteiger partial charge on any atom is 0.306 e. The molecule has 0 aromatic heterocycles. The number of nitrogens with zero attached hydrogens (tertiary/aromatic N) is 1. The number of fused-ring (bicyclic) bond motifs is 2. The van der Waals surface area contributed by atoms with Crippen molar-refractivity contribution in [1.82, 2.24) is 4.90 Å². The molecule has 1 saturated heterocycles. The molecule has 1 N–H and O–H groups in total. The number of rotatable bonds is 2. The lowest BCUT2D eigenvalue weighted by Gasteiger charge is -2.47. The van der Waals surface area contributed by atoms with Crippen LogP contribution in [-0.2, 0) is 4.79 Å². The molecule has 1 heterocycles. The Morgan fingerprint density at radius 2 is 1.56 bits per heavy atom. The highest BCUT2D eigenvalue weighted by Gasteiger charge is 2.39. The second-order valence-corrected chi connectivity index (χ2v) is 6.72. The minimum atomic E-state index is -0.559. The van der Waals surface area contributed by atoms with Gasteiger partial charge in [0.2, 0.25) is 0 Å². The van der Waals surface area contributed by atoms with Crippen LogP contribution in [0.2, 0.25) is 0 Å². The van der Waals surface area contributed by atoms with Crippen LogP contribution in [0.1, 0.15) is 51.4 Å². The molecule has 3 rings (SSSR count). The Balaban J connectivity index is 1.61. The molecule has 1 aliphatic heterocycles. The molecule has 3 heteroatoms. The van der Waals surface area contributed by atoms with Gasteiger partial charge in [0.1, 0.15) is 0 Å². The summed E-state index contributed by atoms with van der Waals surface area (Å²) in [6.45, 7) is 2.34. The van der Waals surface area contributed by atoms with Crippen LogP contribution in [0.3, 0.4) is 0 Å². The zero-order valence-corrected chi connectivity index (χ0v) is 11.2. The summed E-state index contributed by atoms with van der Waals surface area (Å²) in [4.78, 5) is 13.9. The number of hydrogen-bond donors (Lipinski definition) is 1. The summed E-state index contributed by atoms with van der Waals surface area (Å²) in [5, 5.41) is 9.19. The third-order valence-electron chi connectivity index (χ3n) is 5.33. The van der Waals surface area contributed by atoms with Gasteiger partial charge in [-0.3, -0.25) is 9.69 Å². The minimum Gasteiger partial charge on any atom is -0.481 e. The summed E-state index contributed by atoms with van der Waals surface area (Å²) < 4.78 is 0. The van der Waals surface area contributed by atoms with E-state index in [2.05, 4.69) is 4.90 Å². The first-order valence-electron chi connectivity index (χ1n) is 7.69. The molecule has 2 saturated carbocycles. The summed E-state index contributed by atoms with van der Waals surface area (Å²) in [5.74, 6) is 0.694. The van der Waals surface area contributed by atoms with E-state index in [1.807, 2.05) is 0 Å². The number of carboxylic acids is 1. The van der Waals surface area contributed by atoms with Crippen molar-refractivity contribution >= 4 is 5.97 Å². The van der Waals surface area contributed by atoms with Crippen molar-refractivity contribution in [3.05, 3.63) is 0 Å². The molecule has 3 fully saturated rings. The maximum atomic E-state index is 11.2. The summed E-state index contributed by atoms with van der Waals surface area (Å²) in [7, 11) is 0. The number of hydrogen-bond acceptors (Lipinski definition) is 2. The van der Waals surface area contributed by atoms with Crippen molar-refractivity contribution < 1.29 is 9.90 Å². The van der Waals surface area contributed by atoms with Gasteiger partial charge < -0.3 is 5.11 Å². The van der Waals surface area contributed by atoms with Gasteiger partial charge >= 0.3 is 5.97 Å². The molecule has 0 spiro atoms. The molecule has 102 valence electrons. The third-order valence-corrected chi connectivity index (χ3v) is 5.33. The zero-order chi connectivity index (χ0) is 12.5. The first-order valence-corrected chi connectivity index (χ1v) is 7.69. The highest BCUT2D eigenvalue weighted by molar-refractivity contribution is 5.70. The molecule has 3 aliphatic rings. The van der Waals surface area contributed by atoms with Crippen LogP contribution >= 0.6 is 0 Å². The third kappa shape index (κ3) is 2.56. The second-order valence-electron chi connectivity index (χ2n) is 6.72. The standard InChI is InChI=1S/C15H25NO2/c17-15(18)13-7-11-6-12(8-13)10-16(9-11)14-4-2-1-3-5-14/h11-14H,1-10H2,(H,17,18). The van der Waals surface area contributed by atoms with Crippen molar-refractivity contribution in [1.29, 1.82) is 0 Å². The predicted molar refractivity (Wildman–Crippen MR) is 70.4 cm³/mol. The molecule has 3 nitrogen and oxygen atoms in total. The van der Waals surface area contributed by atoms with Crippen LogP contribution in [0.5, 0.6) is 0 Å². The summed E-state index contributed by atoms with van der Waals surface area (Å²) in [5.41, 5.74) is 0. The molecule has 2 aliphatic carbocycles. The maximum absolute atomic E-state index is 11.2. The van der Waals surface area contributed by atoms with Gasteiger partial charge in [-0.15, -0.1) is 0 Å². The summed E-state index contributed by atoms with van der Waals surface area (Å²) in [6, 6.07) is 0.811. The van der Waals surface area contributed by atoms with Crippen molar-refractivity contribution in [2.24, 2.45) is 17.8 Å². The Morgan fingerprint density at radius 1 is 0.944 bits per heavy atom. The van der Waals surface area contributed by atoms with E-state index in [4.69, 9.17) is 0 Å². The SMILES string of the molecule is O=C(O)C1CC2CC(C1)CN(C1CCCCC1)C2. The van der Waals surface area contributed by atoms with Gasteiger partial charge in [-0.25, -0.2) is 0 Å². The van der Waals surface area contributed by atoms with E-state index in [1.165, 1.54) is 51.6 Å². The molecule has 0 amide bonds. The molecular formula is C15H25NO2. The zero-order valence-electron chi connectivity index (χ0n) is 11.2. The van der Waals surface area contributed by atoms with Crippen LogP contribution in [0.4, 0.5) is 0 Å². The Labute approximate surface area is 110 Å². The number of carboxylic acid groups (broad SMARTS) is 1. The number of carbonyl (C=O) groups is 1. The average molecular weight is 251 g/mol. The molecule has 2 bridgehead atoms. The van der Waals surface area contributed by atoms with Gasteiger partial charge in [0.25, 0.3) is 0 Å². The molecule has 2 unspecified atom stereocenters. The van der Waals surface area contributed by atoms with Gasteiger partial charge in [0.05, 0.1) is 5.92 Å². The molecule has 18 heavy (non-hydrogen) atoms. The summed E-state index contributed by atoms with van der Waals surface area (Å²) in [6.07, 6.45) is 10.1. The predicted octanol–water partition coefficient (Wildman–Crippen LogP) is 2.75. The molecule has 0 radical (unpaired) electrons. The fraction of sp³-hybridized carbons (Fsp3) is 0.933. The largest absolute Gasteiger partial charge is 0.481 e. The number of piperidine rings is 1. The van der Waals surface area contributed by atoms with Gasteiger partial charge in [-0.1, -0.05) is 19.3 Å². The Hall–Kier alpha value is -0.570. The molecular weight excluding hydrogens is 226 g/mol. The fourth-order valence-electron chi connectivity index (χ4n) is 4.55. The van der Waals surface area contributed by atoms with Gasteiger partial charge in [0.15, 0.2) is 0 Å². The second kappa shape index (κ2) is 5.20. The first kappa shape index (κ1) is 12.5. The lowest BCUT2D eigenvalue weighted by molar-refractivity contribution is -0.145. The molecule has 0 aromatic rings.